The molecule has 7 nitrogen and oxygen atoms in total. The van der Waals surface area contributed by atoms with Crippen molar-refractivity contribution in [1.29, 1.82) is 0 Å². The number of likely N-dealkylation sites (tertiary alicyclic amines) is 1. The molecule has 2 aliphatic heterocycles. The van der Waals surface area contributed by atoms with Gasteiger partial charge in [-0.1, -0.05) is 0 Å². The Kier molecular flexibility index (Phi) is 4.97. The highest BCUT2D eigenvalue weighted by Crippen LogP contribution is 2.25. The lowest BCUT2D eigenvalue weighted by Gasteiger charge is -2.39. The molecule has 2 aliphatic rings. The molecule has 2 atom stereocenters. The number of rotatable bonds is 4. The van der Waals surface area contributed by atoms with Crippen LogP contribution in [0.15, 0.2) is 22.8 Å². The summed E-state index contributed by atoms with van der Waals surface area (Å²) >= 11 is 0. The van der Waals surface area contributed by atoms with Gasteiger partial charge in [0.2, 0.25) is 5.91 Å². The molecule has 0 spiro atoms. The van der Waals surface area contributed by atoms with E-state index in [0.717, 1.165) is 19.3 Å². The fraction of sp³-hybridized carbons (Fsp3) is 0.625. The molecular weight excluding hydrogens is 300 g/mol. The second-order valence-electron chi connectivity index (χ2n) is 5.88. The maximum absolute atomic E-state index is 12.7. The number of hydrogen-bond acceptors (Lipinski definition) is 5. The van der Waals surface area contributed by atoms with E-state index in [1.807, 2.05) is 0 Å². The fourth-order valence-electron chi connectivity index (χ4n) is 3.10. The largest absolute Gasteiger partial charge is 0.459 e. The van der Waals surface area contributed by atoms with Crippen LogP contribution in [0, 0.1) is 0 Å². The zero-order valence-electron chi connectivity index (χ0n) is 13.2. The first-order valence-corrected chi connectivity index (χ1v) is 8.05. The number of piperidine rings is 1. The van der Waals surface area contributed by atoms with Crippen molar-refractivity contribution in [3.05, 3.63) is 24.2 Å². The summed E-state index contributed by atoms with van der Waals surface area (Å²) in [4.78, 5) is 26.5. The molecular formula is C16H22N2O5. The Bertz CT molecular complexity index is 539. The molecule has 1 aromatic rings. The quantitative estimate of drug-likeness (QED) is 0.899. The summed E-state index contributed by atoms with van der Waals surface area (Å²) in [7, 11) is 0. The molecule has 2 fully saturated rings. The van der Waals surface area contributed by atoms with Crippen molar-refractivity contribution >= 4 is 11.8 Å². The Morgan fingerprint density at radius 3 is 2.78 bits per heavy atom. The minimum Gasteiger partial charge on any atom is -0.459 e. The summed E-state index contributed by atoms with van der Waals surface area (Å²) in [5, 5.41) is 2.68. The van der Waals surface area contributed by atoms with Gasteiger partial charge in [0.15, 0.2) is 12.1 Å². The van der Waals surface area contributed by atoms with E-state index in [1.165, 1.54) is 6.26 Å². The topological polar surface area (TPSA) is 81.0 Å². The summed E-state index contributed by atoms with van der Waals surface area (Å²) < 4.78 is 16.2. The van der Waals surface area contributed by atoms with Crippen molar-refractivity contribution in [2.75, 3.05) is 19.8 Å². The Balaban J connectivity index is 1.63. The number of furan rings is 1. The van der Waals surface area contributed by atoms with Gasteiger partial charge in [0.1, 0.15) is 6.04 Å². The van der Waals surface area contributed by atoms with Gasteiger partial charge in [-0.15, -0.1) is 0 Å². The molecule has 0 aromatic carbocycles. The normalized spacial score (nSPS) is 23.7. The van der Waals surface area contributed by atoms with Gasteiger partial charge in [0.25, 0.3) is 5.91 Å². The standard InChI is InChI=1S/C16H22N2O5/c1-11(17-14(19)13-6-4-8-21-13)15(20)18-7-3-2-5-12(18)16-22-9-10-23-16/h4,6,8,11-12,16H,2-3,5,7,9-10H2,1H3,(H,17,19)/t11-,12+/m1/s1. The Hall–Kier alpha value is -1.86. The zero-order valence-corrected chi connectivity index (χ0v) is 13.2. The zero-order chi connectivity index (χ0) is 16.2. The molecule has 0 saturated carbocycles. The predicted octanol–water partition coefficient (Wildman–Crippen LogP) is 1.15. The summed E-state index contributed by atoms with van der Waals surface area (Å²) in [5.41, 5.74) is 0. The van der Waals surface area contributed by atoms with Crippen LogP contribution in [0.1, 0.15) is 36.7 Å². The van der Waals surface area contributed by atoms with Crippen LogP contribution in [0.5, 0.6) is 0 Å². The van der Waals surface area contributed by atoms with E-state index < -0.39 is 11.9 Å². The molecule has 1 N–H and O–H groups in total. The van der Waals surface area contributed by atoms with Crippen LogP contribution in [0.4, 0.5) is 0 Å². The van der Waals surface area contributed by atoms with E-state index in [4.69, 9.17) is 13.9 Å². The van der Waals surface area contributed by atoms with E-state index in [-0.39, 0.29) is 24.0 Å². The Morgan fingerprint density at radius 2 is 2.09 bits per heavy atom. The third-order valence-corrected chi connectivity index (χ3v) is 4.26. The molecule has 23 heavy (non-hydrogen) atoms. The molecule has 2 saturated heterocycles. The first-order valence-electron chi connectivity index (χ1n) is 8.05. The van der Waals surface area contributed by atoms with Crippen molar-refractivity contribution in [3.8, 4) is 0 Å². The fourth-order valence-corrected chi connectivity index (χ4v) is 3.10. The predicted molar refractivity (Wildman–Crippen MR) is 80.7 cm³/mol. The van der Waals surface area contributed by atoms with Crippen molar-refractivity contribution in [1.82, 2.24) is 10.2 Å². The Morgan fingerprint density at radius 1 is 1.30 bits per heavy atom. The molecule has 3 rings (SSSR count). The van der Waals surface area contributed by atoms with Crippen LogP contribution >= 0.6 is 0 Å². The van der Waals surface area contributed by atoms with Gasteiger partial charge < -0.3 is 24.1 Å². The highest BCUT2D eigenvalue weighted by molar-refractivity contribution is 5.95. The van der Waals surface area contributed by atoms with E-state index in [2.05, 4.69) is 5.32 Å². The highest BCUT2D eigenvalue weighted by Gasteiger charge is 2.37. The molecule has 3 heterocycles. The van der Waals surface area contributed by atoms with Crippen molar-refractivity contribution in [3.63, 3.8) is 0 Å². The maximum atomic E-state index is 12.7. The van der Waals surface area contributed by atoms with Crippen LogP contribution < -0.4 is 5.32 Å². The minimum atomic E-state index is -0.630. The van der Waals surface area contributed by atoms with E-state index >= 15 is 0 Å². The summed E-state index contributed by atoms with van der Waals surface area (Å²) in [6, 6.07) is 2.49. The van der Waals surface area contributed by atoms with E-state index in [9.17, 15) is 9.59 Å². The van der Waals surface area contributed by atoms with Gasteiger partial charge in [-0.3, -0.25) is 9.59 Å². The minimum absolute atomic E-state index is 0.0817. The van der Waals surface area contributed by atoms with E-state index in [1.54, 1.807) is 24.0 Å². The number of ether oxygens (including phenoxy) is 2. The lowest BCUT2D eigenvalue weighted by Crippen LogP contribution is -2.55. The molecule has 1 aromatic heterocycles. The lowest BCUT2D eigenvalue weighted by atomic mass is 10.0. The van der Waals surface area contributed by atoms with Gasteiger partial charge in [-0.2, -0.15) is 0 Å². The second kappa shape index (κ2) is 7.14. The number of nitrogens with one attached hydrogen (secondary N) is 1. The van der Waals surface area contributed by atoms with Gasteiger partial charge in [0.05, 0.1) is 25.5 Å². The number of nitrogens with zero attached hydrogens (tertiary/aromatic N) is 1. The number of hydrogen-bond donors (Lipinski definition) is 1. The maximum Gasteiger partial charge on any atom is 0.287 e. The SMILES string of the molecule is C[C@@H](NC(=O)c1ccco1)C(=O)N1CCCC[C@H]1C1OCCO1. The summed E-state index contributed by atoms with van der Waals surface area (Å²) in [6.07, 6.45) is 3.93. The first-order chi connectivity index (χ1) is 11.2. The molecule has 0 aliphatic carbocycles. The summed E-state index contributed by atoms with van der Waals surface area (Å²) in [5.74, 6) is -0.311. The van der Waals surface area contributed by atoms with Gasteiger partial charge in [0, 0.05) is 6.54 Å². The first kappa shape index (κ1) is 16.0. The third kappa shape index (κ3) is 3.56. The lowest BCUT2D eigenvalue weighted by molar-refractivity contribution is -0.152. The van der Waals surface area contributed by atoms with Crippen LogP contribution in [0.2, 0.25) is 0 Å². The number of amides is 2. The van der Waals surface area contributed by atoms with Gasteiger partial charge in [-0.05, 0) is 38.3 Å². The van der Waals surface area contributed by atoms with Crippen LogP contribution in [-0.4, -0.2) is 54.8 Å². The summed E-state index contributed by atoms with van der Waals surface area (Å²) in [6.45, 7) is 3.47. The van der Waals surface area contributed by atoms with Crippen LogP contribution in [0.3, 0.4) is 0 Å². The van der Waals surface area contributed by atoms with Crippen molar-refractivity contribution < 1.29 is 23.5 Å². The van der Waals surface area contributed by atoms with Gasteiger partial charge >= 0.3 is 0 Å². The van der Waals surface area contributed by atoms with Gasteiger partial charge in [-0.25, -0.2) is 0 Å². The molecule has 7 heteroatoms. The molecule has 2 amide bonds. The van der Waals surface area contributed by atoms with Crippen LogP contribution in [0.25, 0.3) is 0 Å². The highest BCUT2D eigenvalue weighted by atomic mass is 16.7. The number of carbonyl (C=O) groups is 2. The molecule has 0 radical (unpaired) electrons. The van der Waals surface area contributed by atoms with Crippen molar-refractivity contribution in [2.45, 2.75) is 44.6 Å². The number of carbonyl (C=O) groups excluding carboxylic acids is 2. The average Bonchev–Trinajstić information content (AvgIpc) is 3.27. The smallest absolute Gasteiger partial charge is 0.287 e. The van der Waals surface area contributed by atoms with Crippen LogP contribution in [-0.2, 0) is 14.3 Å². The second-order valence-corrected chi connectivity index (χ2v) is 5.88. The van der Waals surface area contributed by atoms with Crippen molar-refractivity contribution in [2.24, 2.45) is 0 Å². The van der Waals surface area contributed by atoms with E-state index in [0.29, 0.717) is 19.8 Å². The monoisotopic (exact) mass is 322 g/mol. The molecule has 126 valence electrons. The molecule has 0 bridgehead atoms. The average molecular weight is 322 g/mol. The third-order valence-electron chi connectivity index (χ3n) is 4.26. The Labute approximate surface area is 134 Å². The molecule has 0 unspecified atom stereocenters.